The van der Waals surface area contributed by atoms with E-state index in [9.17, 15) is 0 Å². The molecule has 1 unspecified atom stereocenters. The van der Waals surface area contributed by atoms with Gasteiger partial charge in [0.05, 0.1) is 12.3 Å². The zero-order valence-corrected chi connectivity index (χ0v) is 12.1. The molecule has 0 bridgehead atoms. The first-order chi connectivity index (χ1) is 10.3. The molecule has 3 rings (SSSR count). The summed E-state index contributed by atoms with van der Waals surface area (Å²) in [4.78, 5) is 0. The molecule has 0 aliphatic heterocycles. The van der Waals surface area contributed by atoms with Crippen LogP contribution in [0, 0.1) is 0 Å². The van der Waals surface area contributed by atoms with E-state index in [2.05, 4.69) is 60.8 Å². The Labute approximate surface area is 125 Å². The second kappa shape index (κ2) is 6.42. The second-order valence-corrected chi connectivity index (χ2v) is 5.16. The molecule has 0 amide bonds. The number of nitrogens with one attached hydrogen (secondary N) is 1. The summed E-state index contributed by atoms with van der Waals surface area (Å²) < 4.78 is 5.62. The fourth-order valence-corrected chi connectivity index (χ4v) is 2.53. The van der Waals surface area contributed by atoms with Gasteiger partial charge in [0, 0.05) is 6.04 Å². The zero-order chi connectivity index (χ0) is 14.5. The van der Waals surface area contributed by atoms with Crippen LogP contribution in [0.3, 0.4) is 0 Å². The lowest BCUT2D eigenvalue weighted by Crippen LogP contribution is -2.25. The van der Waals surface area contributed by atoms with E-state index in [0.717, 1.165) is 5.76 Å². The summed E-state index contributed by atoms with van der Waals surface area (Å²) >= 11 is 0. The minimum Gasteiger partial charge on any atom is -0.467 e. The third-order valence-corrected chi connectivity index (χ3v) is 3.68. The number of hydrogen-bond donors (Lipinski definition) is 1. The normalized spacial score (nSPS) is 13.8. The maximum atomic E-state index is 5.62. The molecule has 0 spiro atoms. The van der Waals surface area contributed by atoms with E-state index in [0.29, 0.717) is 0 Å². The van der Waals surface area contributed by atoms with Crippen molar-refractivity contribution in [2.24, 2.45) is 0 Å². The molecule has 0 radical (unpaired) electrons. The van der Waals surface area contributed by atoms with E-state index in [4.69, 9.17) is 4.42 Å². The Balaban J connectivity index is 1.87. The van der Waals surface area contributed by atoms with Crippen LogP contribution in [0.1, 0.15) is 35.9 Å². The maximum absolute atomic E-state index is 5.62. The molecule has 3 aromatic rings. The first kappa shape index (κ1) is 13.7. The first-order valence-corrected chi connectivity index (χ1v) is 7.24. The fraction of sp³-hybridized carbons (Fsp3) is 0.158. The van der Waals surface area contributed by atoms with Crippen molar-refractivity contribution in [3.8, 4) is 0 Å². The van der Waals surface area contributed by atoms with Crippen molar-refractivity contribution >= 4 is 0 Å². The van der Waals surface area contributed by atoms with Gasteiger partial charge in [-0.3, -0.25) is 5.32 Å². The molecule has 0 saturated carbocycles. The van der Waals surface area contributed by atoms with Crippen LogP contribution in [0.15, 0.2) is 83.5 Å². The molecule has 1 N–H and O–H groups in total. The summed E-state index contributed by atoms with van der Waals surface area (Å²) in [6, 6.07) is 25.1. The number of benzene rings is 2. The van der Waals surface area contributed by atoms with Crippen LogP contribution in [-0.4, -0.2) is 0 Å². The molecule has 1 heterocycles. The molecule has 1 aromatic heterocycles. The van der Waals surface area contributed by atoms with E-state index in [-0.39, 0.29) is 12.1 Å². The van der Waals surface area contributed by atoms with E-state index < -0.39 is 0 Å². The molecule has 2 nitrogen and oxygen atoms in total. The van der Waals surface area contributed by atoms with Gasteiger partial charge in [-0.05, 0) is 30.2 Å². The molecule has 106 valence electrons. The molecule has 0 aliphatic rings. The predicted octanol–water partition coefficient (Wildman–Crippen LogP) is 4.72. The lowest BCUT2D eigenvalue weighted by molar-refractivity contribution is 0.419. The Hall–Kier alpha value is -2.32. The van der Waals surface area contributed by atoms with E-state index >= 15 is 0 Å². The summed E-state index contributed by atoms with van der Waals surface area (Å²) in [5, 5.41) is 3.66. The smallest absolute Gasteiger partial charge is 0.125 e. The lowest BCUT2D eigenvalue weighted by Gasteiger charge is -2.22. The van der Waals surface area contributed by atoms with Crippen molar-refractivity contribution in [1.29, 1.82) is 0 Å². The third kappa shape index (κ3) is 3.23. The Bertz CT molecular complexity index is 647. The third-order valence-electron chi connectivity index (χ3n) is 3.68. The Kier molecular flexibility index (Phi) is 4.17. The number of hydrogen-bond acceptors (Lipinski definition) is 2. The molecule has 2 aromatic carbocycles. The van der Waals surface area contributed by atoms with Crippen molar-refractivity contribution < 1.29 is 4.42 Å². The minimum absolute atomic E-state index is 0.0522. The van der Waals surface area contributed by atoms with Gasteiger partial charge in [-0.15, -0.1) is 0 Å². The predicted molar refractivity (Wildman–Crippen MR) is 85.0 cm³/mol. The Morgan fingerprint density at radius 3 is 1.95 bits per heavy atom. The molecule has 21 heavy (non-hydrogen) atoms. The summed E-state index contributed by atoms with van der Waals surface area (Å²) in [5.74, 6) is 0.934. The molecule has 0 aliphatic carbocycles. The van der Waals surface area contributed by atoms with Crippen LogP contribution in [-0.2, 0) is 0 Å². The Morgan fingerprint density at radius 1 is 0.762 bits per heavy atom. The highest BCUT2D eigenvalue weighted by molar-refractivity contribution is 5.28. The number of furan rings is 1. The summed E-state index contributed by atoms with van der Waals surface area (Å²) in [6.07, 6.45) is 1.72. The monoisotopic (exact) mass is 277 g/mol. The average Bonchev–Trinajstić information content (AvgIpc) is 3.08. The molecule has 2 heteroatoms. The standard InChI is InChI=1S/C19H19NO/c1-15(16-9-4-2-5-10-16)20-19(18-13-8-14-21-18)17-11-6-3-7-12-17/h2-15,19-20H,1H3/t15-,19?/m1/s1. The van der Waals surface area contributed by atoms with Crippen molar-refractivity contribution in [2.45, 2.75) is 19.0 Å². The van der Waals surface area contributed by atoms with Gasteiger partial charge in [0.1, 0.15) is 5.76 Å². The lowest BCUT2D eigenvalue weighted by atomic mass is 10.0. The van der Waals surface area contributed by atoms with Gasteiger partial charge >= 0.3 is 0 Å². The van der Waals surface area contributed by atoms with E-state index in [1.165, 1.54) is 11.1 Å². The van der Waals surface area contributed by atoms with E-state index in [1.807, 2.05) is 24.3 Å². The highest BCUT2D eigenvalue weighted by Crippen LogP contribution is 2.26. The van der Waals surface area contributed by atoms with Crippen molar-refractivity contribution in [2.75, 3.05) is 0 Å². The summed E-state index contributed by atoms with van der Waals surface area (Å²) in [6.45, 7) is 2.17. The van der Waals surface area contributed by atoms with Crippen molar-refractivity contribution in [3.05, 3.63) is 95.9 Å². The Morgan fingerprint density at radius 2 is 1.38 bits per heavy atom. The maximum Gasteiger partial charge on any atom is 0.125 e. The summed E-state index contributed by atoms with van der Waals surface area (Å²) in [5.41, 5.74) is 2.47. The van der Waals surface area contributed by atoms with Gasteiger partial charge < -0.3 is 4.42 Å². The SMILES string of the molecule is C[C@@H](NC(c1ccccc1)c1ccco1)c1ccccc1. The molecule has 2 atom stereocenters. The van der Waals surface area contributed by atoms with E-state index in [1.54, 1.807) is 6.26 Å². The first-order valence-electron chi connectivity index (χ1n) is 7.24. The van der Waals surface area contributed by atoms with Crippen LogP contribution < -0.4 is 5.32 Å². The van der Waals surface area contributed by atoms with Gasteiger partial charge in [-0.2, -0.15) is 0 Å². The minimum atomic E-state index is 0.0522. The zero-order valence-electron chi connectivity index (χ0n) is 12.1. The van der Waals surface area contributed by atoms with Gasteiger partial charge in [-0.25, -0.2) is 0 Å². The van der Waals surface area contributed by atoms with Crippen LogP contribution in [0.25, 0.3) is 0 Å². The highest BCUT2D eigenvalue weighted by Gasteiger charge is 2.19. The average molecular weight is 277 g/mol. The quantitative estimate of drug-likeness (QED) is 0.730. The fourth-order valence-electron chi connectivity index (χ4n) is 2.53. The van der Waals surface area contributed by atoms with Crippen LogP contribution >= 0.6 is 0 Å². The highest BCUT2D eigenvalue weighted by atomic mass is 16.3. The van der Waals surface area contributed by atoms with Gasteiger partial charge in [0.25, 0.3) is 0 Å². The largest absolute Gasteiger partial charge is 0.467 e. The molecule has 0 fully saturated rings. The number of rotatable bonds is 5. The van der Waals surface area contributed by atoms with Gasteiger partial charge in [-0.1, -0.05) is 60.7 Å². The van der Waals surface area contributed by atoms with Crippen molar-refractivity contribution in [1.82, 2.24) is 5.32 Å². The molecular weight excluding hydrogens is 258 g/mol. The van der Waals surface area contributed by atoms with Crippen LogP contribution in [0.2, 0.25) is 0 Å². The van der Waals surface area contributed by atoms with Crippen LogP contribution in [0.4, 0.5) is 0 Å². The summed E-state index contributed by atoms with van der Waals surface area (Å²) in [7, 11) is 0. The molecular formula is C19H19NO. The topological polar surface area (TPSA) is 25.2 Å². The molecule has 0 saturated heterocycles. The second-order valence-electron chi connectivity index (χ2n) is 5.16. The van der Waals surface area contributed by atoms with Crippen molar-refractivity contribution in [3.63, 3.8) is 0 Å². The van der Waals surface area contributed by atoms with Gasteiger partial charge in [0.15, 0.2) is 0 Å². The van der Waals surface area contributed by atoms with Gasteiger partial charge in [0.2, 0.25) is 0 Å². The van der Waals surface area contributed by atoms with Crippen LogP contribution in [0.5, 0.6) is 0 Å².